The lowest BCUT2D eigenvalue weighted by Gasteiger charge is -2.19. The van der Waals surface area contributed by atoms with Crippen molar-refractivity contribution in [2.45, 2.75) is 19.4 Å². The number of benzene rings is 2. The van der Waals surface area contributed by atoms with Crippen molar-refractivity contribution in [3.8, 4) is 0 Å². The number of nitrogens with one attached hydrogen (secondary N) is 1. The van der Waals surface area contributed by atoms with E-state index in [4.69, 9.17) is 5.73 Å². The van der Waals surface area contributed by atoms with Gasteiger partial charge in [-0.25, -0.2) is 4.39 Å². The predicted octanol–water partition coefficient (Wildman–Crippen LogP) is 2.64. The number of carbonyl (C=O) groups is 2. The summed E-state index contributed by atoms with van der Waals surface area (Å²) in [6.07, 6.45) is 0. The summed E-state index contributed by atoms with van der Waals surface area (Å²) in [4.78, 5) is 35.0. The zero-order chi connectivity index (χ0) is 18.8. The van der Waals surface area contributed by atoms with Gasteiger partial charge in [0.1, 0.15) is 5.82 Å². The van der Waals surface area contributed by atoms with Crippen molar-refractivity contribution in [1.29, 1.82) is 0 Å². The first-order valence-corrected chi connectivity index (χ1v) is 7.29. The Morgan fingerprint density at radius 3 is 2.36 bits per heavy atom. The highest BCUT2D eigenvalue weighted by Crippen LogP contribution is 2.26. The lowest BCUT2D eigenvalue weighted by Crippen LogP contribution is -2.45. The van der Waals surface area contributed by atoms with Gasteiger partial charge in [-0.1, -0.05) is 12.1 Å². The molecule has 0 aliphatic rings. The Morgan fingerprint density at radius 1 is 1.16 bits per heavy atom. The Balaban J connectivity index is 2.55. The molecule has 0 spiro atoms. The smallest absolute Gasteiger partial charge is 0.270 e. The standard InChI is InChI=1S/C17H16FN3O4/c1-17(2,19)16(23)20-14-8-7-10(21(24)25)9-12(14)15(22)11-5-3-4-6-13(11)18/h3-9H,19H2,1-2H3,(H,20,23). The quantitative estimate of drug-likeness (QED) is 0.491. The van der Waals surface area contributed by atoms with Crippen LogP contribution in [0.25, 0.3) is 0 Å². The molecule has 7 nitrogen and oxygen atoms in total. The van der Waals surface area contributed by atoms with Crippen LogP contribution in [0.1, 0.15) is 29.8 Å². The number of hydrogen-bond donors (Lipinski definition) is 2. The fraction of sp³-hybridized carbons (Fsp3) is 0.176. The molecular weight excluding hydrogens is 329 g/mol. The Bertz CT molecular complexity index is 859. The minimum absolute atomic E-state index is 0.0161. The van der Waals surface area contributed by atoms with Crippen molar-refractivity contribution < 1.29 is 18.9 Å². The average Bonchev–Trinajstić information content (AvgIpc) is 2.54. The van der Waals surface area contributed by atoms with Crippen molar-refractivity contribution in [2.75, 3.05) is 5.32 Å². The lowest BCUT2D eigenvalue weighted by atomic mass is 9.99. The van der Waals surface area contributed by atoms with Gasteiger partial charge < -0.3 is 11.1 Å². The SMILES string of the molecule is CC(C)(N)C(=O)Nc1ccc([N+](=O)[O-])cc1C(=O)c1ccccc1F. The van der Waals surface area contributed by atoms with Gasteiger partial charge in [-0.15, -0.1) is 0 Å². The summed E-state index contributed by atoms with van der Waals surface area (Å²) in [5.74, 6) is -2.15. The van der Waals surface area contributed by atoms with Gasteiger partial charge >= 0.3 is 0 Å². The minimum Gasteiger partial charge on any atom is -0.324 e. The highest BCUT2D eigenvalue weighted by atomic mass is 19.1. The molecule has 0 atom stereocenters. The monoisotopic (exact) mass is 345 g/mol. The topological polar surface area (TPSA) is 115 Å². The normalized spacial score (nSPS) is 11.0. The number of anilines is 1. The van der Waals surface area contributed by atoms with E-state index in [-0.39, 0.29) is 22.5 Å². The summed E-state index contributed by atoms with van der Waals surface area (Å²) < 4.78 is 13.9. The van der Waals surface area contributed by atoms with Crippen molar-refractivity contribution >= 4 is 23.1 Å². The number of carbonyl (C=O) groups excluding carboxylic acids is 2. The highest BCUT2D eigenvalue weighted by Gasteiger charge is 2.26. The summed E-state index contributed by atoms with van der Waals surface area (Å²) in [5, 5.41) is 13.4. The molecule has 0 aliphatic carbocycles. The van der Waals surface area contributed by atoms with Gasteiger partial charge in [0, 0.05) is 12.1 Å². The van der Waals surface area contributed by atoms with Crippen LogP contribution in [-0.2, 0) is 4.79 Å². The average molecular weight is 345 g/mol. The van der Waals surface area contributed by atoms with E-state index in [9.17, 15) is 24.1 Å². The van der Waals surface area contributed by atoms with Crippen molar-refractivity contribution in [3.05, 3.63) is 69.5 Å². The number of nitro benzene ring substituents is 1. The van der Waals surface area contributed by atoms with E-state index in [0.29, 0.717) is 0 Å². The predicted molar refractivity (Wildman–Crippen MR) is 89.8 cm³/mol. The zero-order valence-corrected chi connectivity index (χ0v) is 13.6. The molecule has 1 amide bonds. The summed E-state index contributed by atoms with van der Waals surface area (Å²) in [5.41, 5.74) is 3.67. The zero-order valence-electron chi connectivity index (χ0n) is 13.6. The Labute approximate surface area is 142 Å². The summed E-state index contributed by atoms with van der Waals surface area (Å²) >= 11 is 0. The van der Waals surface area contributed by atoms with Gasteiger partial charge in [-0.05, 0) is 32.0 Å². The highest BCUT2D eigenvalue weighted by molar-refractivity contribution is 6.14. The number of ketones is 1. The molecule has 0 aromatic heterocycles. The number of nitrogens with two attached hydrogens (primary N) is 1. The van der Waals surface area contributed by atoms with Gasteiger partial charge in [0.25, 0.3) is 5.69 Å². The van der Waals surface area contributed by atoms with E-state index in [1.807, 2.05) is 0 Å². The molecule has 2 aromatic rings. The van der Waals surface area contributed by atoms with Gasteiger partial charge in [-0.3, -0.25) is 19.7 Å². The van der Waals surface area contributed by atoms with Crippen LogP contribution in [0.2, 0.25) is 0 Å². The van der Waals surface area contributed by atoms with E-state index in [1.54, 1.807) is 0 Å². The summed E-state index contributed by atoms with van der Waals surface area (Å²) in [6.45, 7) is 2.93. The van der Waals surface area contributed by atoms with Gasteiger partial charge in [-0.2, -0.15) is 0 Å². The first-order valence-electron chi connectivity index (χ1n) is 7.29. The molecule has 0 unspecified atom stereocenters. The van der Waals surface area contributed by atoms with E-state index < -0.39 is 28.0 Å². The van der Waals surface area contributed by atoms with Crippen molar-refractivity contribution in [1.82, 2.24) is 0 Å². The van der Waals surface area contributed by atoms with Gasteiger partial charge in [0.15, 0.2) is 5.78 Å². The van der Waals surface area contributed by atoms with Crippen LogP contribution in [0, 0.1) is 15.9 Å². The van der Waals surface area contributed by atoms with Crippen LogP contribution in [-0.4, -0.2) is 22.2 Å². The number of nitro groups is 1. The van der Waals surface area contributed by atoms with Crippen LogP contribution in [0.3, 0.4) is 0 Å². The van der Waals surface area contributed by atoms with Crippen LogP contribution in [0.5, 0.6) is 0 Å². The number of rotatable bonds is 5. The second kappa shape index (κ2) is 6.78. The number of amides is 1. The van der Waals surface area contributed by atoms with Crippen LogP contribution >= 0.6 is 0 Å². The molecule has 0 saturated heterocycles. The Morgan fingerprint density at radius 2 is 1.80 bits per heavy atom. The molecule has 0 radical (unpaired) electrons. The first-order chi connectivity index (χ1) is 11.6. The van der Waals surface area contributed by atoms with Crippen molar-refractivity contribution in [3.63, 3.8) is 0 Å². The van der Waals surface area contributed by atoms with E-state index in [2.05, 4.69) is 5.32 Å². The largest absolute Gasteiger partial charge is 0.324 e. The lowest BCUT2D eigenvalue weighted by molar-refractivity contribution is -0.384. The van der Waals surface area contributed by atoms with Crippen molar-refractivity contribution in [2.24, 2.45) is 5.73 Å². The van der Waals surface area contributed by atoms with Crippen LogP contribution in [0.15, 0.2) is 42.5 Å². The third-order valence-corrected chi connectivity index (χ3v) is 3.41. The molecule has 2 rings (SSSR count). The second-order valence-electron chi connectivity index (χ2n) is 5.97. The van der Waals surface area contributed by atoms with E-state index in [0.717, 1.165) is 18.2 Å². The second-order valence-corrected chi connectivity index (χ2v) is 5.97. The number of hydrogen-bond acceptors (Lipinski definition) is 5. The molecule has 8 heteroatoms. The van der Waals surface area contributed by atoms with Crippen LogP contribution in [0.4, 0.5) is 15.8 Å². The fourth-order valence-corrected chi connectivity index (χ4v) is 2.02. The number of halogens is 1. The number of nitrogens with zero attached hydrogens (tertiary/aromatic N) is 1. The number of non-ortho nitro benzene ring substituents is 1. The maximum Gasteiger partial charge on any atom is 0.270 e. The molecule has 0 saturated carbocycles. The molecule has 25 heavy (non-hydrogen) atoms. The maximum atomic E-state index is 13.9. The van der Waals surface area contributed by atoms with E-state index >= 15 is 0 Å². The third kappa shape index (κ3) is 4.04. The molecule has 0 heterocycles. The molecule has 2 aromatic carbocycles. The Hall–Kier alpha value is -3.13. The molecule has 0 bridgehead atoms. The Kier molecular flexibility index (Phi) is 4.94. The third-order valence-electron chi connectivity index (χ3n) is 3.41. The molecular formula is C17H16FN3O4. The maximum absolute atomic E-state index is 13.9. The fourth-order valence-electron chi connectivity index (χ4n) is 2.02. The van der Waals surface area contributed by atoms with Gasteiger partial charge in [0.05, 0.1) is 27.3 Å². The molecule has 3 N–H and O–H groups in total. The van der Waals surface area contributed by atoms with E-state index in [1.165, 1.54) is 38.1 Å². The van der Waals surface area contributed by atoms with Crippen LogP contribution < -0.4 is 11.1 Å². The summed E-state index contributed by atoms with van der Waals surface area (Å²) in [6, 6.07) is 8.59. The molecule has 0 fully saturated rings. The van der Waals surface area contributed by atoms with Gasteiger partial charge in [0.2, 0.25) is 5.91 Å². The molecule has 130 valence electrons. The minimum atomic E-state index is -1.24. The molecule has 0 aliphatic heterocycles. The summed E-state index contributed by atoms with van der Waals surface area (Å²) in [7, 11) is 0. The first kappa shape index (κ1) is 18.2.